The molecule has 1 amide bonds. The molecule has 0 aliphatic carbocycles. The molecule has 26 heavy (non-hydrogen) atoms. The van der Waals surface area contributed by atoms with Crippen molar-refractivity contribution >= 4 is 52.3 Å². The van der Waals surface area contributed by atoms with Crippen LogP contribution in [0.5, 0.6) is 11.5 Å². The van der Waals surface area contributed by atoms with Crippen molar-refractivity contribution < 1.29 is 14.3 Å². The van der Waals surface area contributed by atoms with Gasteiger partial charge in [0.1, 0.15) is 10.8 Å². The summed E-state index contributed by atoms with van der Waals surface area (Å²) in [6.45, 7) is 2.57. The number of amides is 1. The Hall–Kier alpha value is -1.40. The van der Waals surface area contributed by atoms with Gasteiger partial charge in [-0.05, 0) is 24.6 Å². The minimum atomic E-state index is -0.409. The molecule has 0 aliphatic rings. The lowest BCUT2D eigenvalue weighted by atomic mass is 10.1. The summed E-state index contributed by atoms with van der Waals surface area (Å²) in [6, 6.07) is 5.41. The molecular weight excluding hydrogens is 422 g/mol. The zero-order valence-electron chi connectivity index (χ0n) is 14.3. The molecular formula is C17H16Cl4N2O3. The van der Waals surface area contributed by atoms with Crippen molar-refractivity contribution in [3.05, 3.63) is 49.7 Å². The minimum absolute atomic E-state index is 0.00106. The number of aromatic nitrogens is 1. The summed E-state index contributed by atoms with van der Waals surface area (Å²) in [7, 11) is 3.10. The van der Waals surface area contributed by atoms with Gasteiger partial charge in [0.2, 0.25) is 0 Å². The van der Waals surface area contributed by atoms with Crippen LogP contribution >= 0.6 is 46.4 Å². The molecule has 0 bridgehead atoms. The Balaban J connectivity index is 2.33. The molecule has 0 aliphatic heterocycles. The zero-order valence-corrected chi connectivity index (χ0v) is 17.3. The van der Waals surface area contributed by atoms with Crippen molar-refractivity contribution in [3.8, 4) is 11.5 Å². The first-order valence-corrected chi connectivity index (χ1v) is 9.05. The quantitative estimate of drug-likeness (QED) is 0.569. The van der Waals surface area contributed by atoms with Crippen LogP contribution in [-0.2, 0) is 6.54 Å². The van der Waals surface area contributed by atoms with E-state index in [4.69, 9.17) is 55.9 Å². The number of rotatable bonds is 6. The van der Waals surface area contributed by atoms with Gasteiger partial charge in [0.05, 0.1) is 29.3 Å². The molecule has 0 N–H and O–H groups in total. The van der Waals surface area contributed by atoms with Gasteiger partial charge in [-0.15, -0.1) is 0 Å². The molecule has 0 atom stereocenters. The highest BCUT2D eigenvalue weighted by molar-refractivity contribution is 6.52. The average Bonchev–Trinajstić information content (AvgIpc) is 2.66. The molecule has 0 unspecified atom stereocenters. The predicted molar refractivity (Wildman–Crippen MR) is 104 cm³/mol. The van der Waals surface area contributed by atoms with Crippen molar-refractivity contribution in [3.63, 3.8) is 0 Å². The van der Waals surface area contributed by atoms with E-state index in [1.54, 1.807) is 31.3 Å². The fourth-order valence-electron chi connectivity index (χ4n) is 2.31. The molecule has 140 valence electrons. The Kier molecular flexibility index (Phi) is 7.24. The van der Waals surface area contributed by atoms with Crippen LogP contribution in [0.2, 0.25) is 20.2 Å². The smallest absolute Gasteiger partial charge is 0.274 e. The van der Waals surface area contributed by atoms with Gasteiger partial charge >= 0.3 is 0 Å². The first-order chi connectivity index (χ1) is 12.3. The maximum absolute atomic E-state index is 12.9. The monoisotopic (exact) mass is 436 g/mol. The first-order valence-electron chi connectivity index (χ1n) is 7.54. The summed E-state index contributed by atoms with van der Waals surface area (Å²) in [5.74, 6) is 0.765. The van der Waals surface area contributed by atoms with E-state index in [1.165, 1.54) is 0 Å². The summed E-state index contributed by atoms with van der Waals surface area (Å²) >= 11 is 24.0. The van der Waals surface area contributed by atoms with Crippen LogP contribution in [0, 0.1) is 0 Å². The normalized spacial score (nSPS) is 10.6. The average molecular weight is 438 g/mol. The number of hydrogen-bond acceptors (Lipinski definition) is 4. The van der Waals surface area contributed by atoms with E-state index in [2.05, 4.69) is 4.98 Å². The Morgan fingerprint density at radius 3 is 2.27 bits per heavy atom. The summed E-state index contributed by atoms with van der Waals surface area (Å²) in [6.07, 6.45) is 0. The Morgan fingerprint density at radius 1 is 1.04 bits per heavy atom. The molecule has 0 radical (unpaired) electrons. The number of nitrogens with zero attached hydrogens (tertiary/aromatic N) is 2. The summed E-state index contributed by atoms with van der Waals surface area (Å²) in [5, 5.41) is -0.0971. The third kappa shape index (κ3) is 4.29. The fraction of sp³-hybridized carbons (Fsp3) is 0.294. The van der Waals surface area contributed by atoms with Crippen LogP contribution in [0.25, 0.3) is 0 Å². The summed E-state index contributed by atoms with van der Waals surface area (Å²) in [4.78, 5) is 18.4. The highest BCUT2D eigenvalue weighted by atomic mass is 35.5. The number of halogens is 4. The molecule has 9 heteroatoms. The molecule has 2 rings (SSSR count). The maximum Gasteiger partial charge on any atom is 0.274 e. The number of methoxy groups -OCH3 is 2. The molecule has 0 spiro atoms. The van der Waals surface area contributed by atoms with Gasteiger partial charge in [0, 0.05) is 13.1 Å². The number of pyridine rings is 1. The van der Waals surface area contributed by atoms with Crippen LogP contribution in [0.1, 0.15) is 23.0 Å². The van der Waals surface area contributed by atoms with Crippen molar-refractivity contribution in [1.82, 2.24) is 9.88 Å². The van der Waals surface area contributed by atoms with Crippen molar-refractivity contribution in [1.29, 1.82) is 0 Å². The molecule has 0 fully saturated rings. The van der Waals surface area contributed by atoms with E-state index in [0.29, 0.717) is 24.6 Å². The molecule has 5 nitrogen and oxygen atoms in total. The molecule has 2 aromatic rings. The summed E-state index contributed by atoms with van der Waals surface area (Å²) in [5.41, 5.74) is 0.800. The largest absolute Gasteiger partial charge is 0.493 e. The second-order valence-electron chi connectivity index (χ2n) is 5.20. The van der Waals surface area contributed by atoms with Gasteiger partial charge in [-0.25, -0.2) is 4.98 Å². The number of carbonyl (C=O) groups is 1. The standard InChI is InChI=1S/C17H16Cl4N2O3/c1-4-23(8-9-5-6-10(25-2)11(7-9)26-3)17(24)15-13(19)12(18)14(20)16(21)22-15/h5-7H,4,8H2,1-3H3. The number of ether oxygens (including phenoxy) is 2. The molecule has 0 saturated carbocycles. The highest BCUT2D eigenvalue weighted by Crippen LogP contribution is 2.36. The Labute approximate surface area is 171 Å². The fourth-order valence-corrected chi connectivity index (χ4v) is 3.11. The van der Waals surface area contributed by atoms with Crippen molar-refractivity contribution in [2.75, 3.05) is 20.8 Å². The maximum atomic E-state index is 12.9. The molecule has 1 heterocycles. The zero-order chi connectivity index (χ0) is 19.4. The first kappa shape index (κ1) is 20.9. The van der Waals surface area contributed by atoms with Crippen LogP contribution in [0.4, 0.5) is 0 Å². The Bertz CT molecular complexity index is 830. The van der Waals surface area contributed by atoms with Crippen molar-refractivity contribution in [2.45, 2.75) is 13.5 Å². The SMILES string of the molecule is CCN(Cc1ccc(OC)c(OC)c1)C(=O)c1nc(Cl)c(Cl)c(Cl)c1Cl. The second kappa shape index (κ2) is 9.00. The second-order valence-corrected chi connectivity index (χ2v) is 6.69. The number of benzene rings is 1. The van der Waals surface area contributed by atoms with E-state index in [1.807, 2.05) is 13.0 Å². The van der Waals surface area contributed by atoms with Crippen LogP contribution in [0.15, 0.2) is 18.2 Å². The predicted octanol–water partition coefficient (Wildman–Crippen LogP) is 5.37. The molecule has 1 aromatic carbocycles. The van der Waals surface area contributed by atoms with Gasteiger partial charge < -0.3 is 14.4 Å². The lowest BCUT2D eigenvalue weighted by Gasteiger charge is -2.22. The van der Waals surface area contributed by atoms with E-state index in [9.17, 15) is 4.79 Å². The topological polar surface area (TPSA) is 51.7 Å². The van der Waals surface area contributed by atoms with Crippen LogP contribution in [-0.4, -0.2) is 36.6 Å². The third-order valence-corrected chi connectivity index (χ3v) is 5.35. The minimum Gasteiger partial charge on any atom is -0.493 e. The van der Waals surface area contributed by atoms with Gasteiger partial charge in [-0.3, -0.25) is 4.79 Å². The van der Waals surface area contributed by atoms with E-state index >= 15 is 0 Å². The van der Waals surface area contributed by atoms with Gasteiger partial charge in [-0.1, -0.05) is 52.5 Å². The van der Waals surface area contributed by atoms with Crippen LogP contribution in [0.3, 0.4) is 0 Å². The van der Waals surface area contributed by atoms with E-state index in [0.717, 1.165) is 5.56 Å². The number of hydrogen-bond donors (Lipinski definition) is 0. The van der Waals surface area contributed by atoms with Gasteiger partial charge in [-0.2, -0.15) is 0 Å². The third-order valence-electron chi connectivity index (χ3n) is 3.68. The van der Waals surface area contributed by atoms with Gasteiger partial charge in [0.25, 0.3) is 5.91 Å². The number of carbonyl (C=O) groups excluding carboxylic acids is 1. The van der Waals surface area contributed by atoms with E-state index < -0.39 is 5.91 Å². The van der Waals surface area contributed by atoms with E-state index in [-0.39, 0.29) is 25.9 Å². The summed E-state index contributed by atoms with van der Waals surface area (Å²) < 4.78 is 10.5. The highest BCUT2D eigenvalue weighted by Gasteiger charge is 2.24. The molecule has 1 aromatic heterocycles. The van der Waals surface area contributed by atoms with Crippen LogP contribution < -0.4 is 9.47 Å². The Morgan fingerprint density at radius 2 is 1.69 bits per heavy atom. The van der Waals surface area contributed by atoms with Crippen molar-refractivity contribution in [2.24, 2.45) is 0 Å². The lowest BCUT2D eigenvalue weighted by Crippen LogP contribution is -2.31. The van der Waals surface area contributed by atoms with Gasteiger partial charge in [0.15, 0.2) is 11.5 Å². The molecule has 0 saturated heterocycles. The lowest BCUT2D eigenvalue weighted by molar-refractivity contribution is 0.0746.